The molecule has 37 heavy (non-hydrogen) atoms. The monoisotopic (exact) mass is 502 g/mol. The first-order chi connectivity index (χ1) is 17.9. The van der Waals surface area contributed by atoms with Gasteiger partial charge in [-0.25, -0.2) is 23.9 Å². The number of carbonyl (C=O) groups excluding carboxylic acids is 2. The largest absolute Gasteiger partial charge is 0.447 e. The van der Waals surface area contributed by atoms with E-state index in [-0.39, 0.29) is 17.7 Å². The van der Waals surface area contributed by atoms with Crippen molar-refractivity contribution >= 4 is 29.3 Å². The van der Waals surface area contributed by atoms with Crippen molar-refractivity contribution in [3.8, 4) is 22.4 Å². The first kappa shape index (κ1) is 24.2. The van der Waals surface area contributed by atoms with Gasteiger partial charge in [0.1, 0.15) is 5.82 Å². The van der Waals surface area contributed by atoms with Gasteiger partial charge in [0, 0.05) is 54.2 Å². The van der Waals surface area contributed by atoms with Crippen LogP contribution < -0.4 is 10.6 Å². The summed E-state index contributed by atoms with van der Waals surface area (Å²) in [7, 11) is 0. The van der Waals surface area contributed by atoms with Crippen LogP contribution in [0.4, 0.5) is 25.4 Å². The molecule has 5 rings (SSSR count). The van der Waals surface area contributed by atoms with Crippen LogP contribution in [-0.4, -0.2) is 50.6 Å². The van der Waals surface area contributed by atoms with Gasteiger partial charge in [0.05, 0.1) is 11.8 Å². The average Bonchev–Trinajstić information content (AvgIpc) is 3.55. The summed E-state index contributed by atoms with van der Waals surface area (Å²) in [4.78, 5) is 34.9. The maximum atomic E-state index is 14.7. The van der Waals surface area contributed by atoms with Gasteiger partial charge in [-0.05, 0) is 62.6 Å². The van der Waals surface area contributed by atoms with Gasteiger partial charge < -0.3 is 15.0 Å². The number of amides is 3. The fraction of sp³-hybridized carbons (Fsp3) is 0.259. The second-order valence-corrected chi connectivity index (χ2v) is 9.15. The van der Waals surface area contributed by atoms with Crippen LogP contribution in [0.3, 0.4) is 0 Å². The molecule has 3 heterocycles. The van der Waals surface area contributed by atoms with E-state index in [4.69, 9.17) is 4.74 Å². The molecule has 4 aromatic rings. The smallest absolute Gasteiger partial charge is 0.411 e. The molecule has 0 aliphatic carbocycles. The van der Waals surface area contributed by atoms with Crippen LogP contribution in [-0.2, 0) is 4.74 Å². The normalized spacial score (nSPS) is 13.2. The van der Waals surface area contributed by atoms with Crippen molar-refractivity contribution in [2.45, 2.75) is 32.8 Å². The standard InChI is InChI=1S/C27H27FN6O3/c1-17(2)37-27(36)31-20-7-5-18(6-8-20)19-14-29-25-32-24(16-34(25)15-19)22-13-21(9-10-23(22)28)30-26(35)33-11-3-4-12-33/h5-10,13-17H,3-4,11-12H2,1-2H3,(H,30,35)(H,31,36). The number of nitrogens with one attached hydrogen (secondary N) is 2. The molecule has 190 valence electrons. The lowest BCUT2D eigenvalue weighted by molar-refractivity contribution is 0.130. The van der Waals surface area contributed by atoms with E-state index in [0.29, 0.717) is 22.8 Å². The number of aromatic nitrogens is 3. The Morgan fingerprint density at radius 2 is 1.70 bits per heavy atom. The molecule has 0 radical (unpaired) electrons. The number of urea groups is 1. The van der Waals surface area contributed by atoms with E-state index in [9.17, 15) is 14.0 Å². The van der Waals surface area contributed by atoms with Crippen molar-refractivity contribution in [1.82, 2.24) is 19.3 Å². The molecule has 0 bridgehead atoms. The number of nitrogens with zero attached hydrogens (tertiary/aromatic N) is 4. The third kappa shape index (κ3) is 5.53. The van der Waals surface area contributed by atoms with Gasteiger partial charge >= 0.3 is 12.1 Å². The van der Waals surface area contributed by atoms with Gasteiger partial charge in [-0.3, -0.25) is 9.72 Å². The fourth-order valence-corrected chi connectivity index (χ4v) is 4.19. The number of ether oxygens (including phenoxy) is 1. The molecule has 1 aliphatic rings. The number of hydrogen-bond donors (Lipinski definition) is 2. The van der Waals surface area contributed by atoms with E-state index < -0.39 is 11.9 Å². The third-order valence-electron chi connectivity index (χ3n) is 6.00. The van der Waals surface area contributed by atoms with Crippen LogP contribution in [0.25, 0.3) is 28.2 Å². The number of rotatable bonds is 5. The summed E-state index contributed by atoms with van der Waals surface area (Å²) in [5.41, 5.74) is 3.49. The predicted octanol–water partition coefficient (Wildman–Crippen LogP) is 5.79. The molecule has 2 aromatic heterocycles. The molecule has 0 unspecified atom stereocenters. The molecule has 2 N–H and O–H groups in total. The highest BCUT2D eigenvalue weighted by Gasteiger charge is 2.19. The minimum Gasteiger partial charge on any atom is -0.447 e. The van der Waals surface area contributed by atoms with E-state index >= 15 is 0 Å². The quantitative estimate of drug-likeness (QED) is 0.360. The topological polar surface area (TPSA) is 101 Å². The highest BCUT2D eigenvalue weighted by molar-refractivity contribution is 5.90. The second-order valence-electron chi connectivity index (χ2n) is 9.15. The highest BCUT2D eigenvalue weighted by atomic mass is 19.1. The van der Waals surface area contributed by atoms with Crippen molar-refractivity contribution in [2.24, 2.45) is 0 Å². The summed E-state index contributed by atoms with van der Waals surface area (Å²) in [6.07, 6.45) is 6.51. The number of imidazole rings is 1. The number of halogens is 1. The summed E-state index contributed by atoms with van der Waals surface area (Å²) >= 11 is 0. The molecule has 0 saturated carbocycles. The zero-order chi connectivity index (χ0) is 25.9. The molecule has 1 fully saturated rings. The first-order valence-corrected chi connectivity index (χ1v) is 12.1. The van der Waals surface area contributed by atoms with E-state index in [1.165, 1.54) is 6.07 Å². The SMILES string of the molecule is CC(C)OC(=O)Nc1ccc(-c2cnc3nc(-c4cc(NC(=O)N5CCCC5)ccc4F)cn3c2)cc1. The van der Waals surface area contributed by atoms with Gasteiger partial charge in [-0.15, -0.1) is 0 Å². The van der Waals surface area contributed by atoms with Gasteiger partial charge in [-0.1, -0.05) is 12.1 Å². The lowest BCUT2D eigenvalue weighted by Gasteiger charge is -2.16. The molecule has 3 amide bonds. The molecule has 0 spiro atoms. The van der Waals surface area contributed by atoms with Crippen LogP contribution >= 0.6 is 0 Å². The van der Waals surface area contributed by atoms with Crippen LogP contribution in [0.15, 0.2) is 61.1 Å². The summed E-state index contributed by atoms with van der Waals surface area (Å²) < 4.78 is 21.6. The maximum Gasteiger partial charge on any atom is 0.411 e. The third-order valence-corrected chi connectivity index (χ3v) is 6.00. The van der Waals surface area contributed by atoms with Crippen molar-refractivity contribution in [1.29, 1.82) is 0 Å². The fourth-order valence-electron chi connectivity index (χ4n) is 4.19. The van der Waals surface area contributed by atoms with E-state index in [1.54, 1.807) is 59.8 Å². The number of benzene rings is 2. The predicted molar refractivity (Wildman–Crippen MR) is 139 cm³/mol. The Kier molecular flexibility index (Phi) is 6.72. The summed E-state index contributed by atoms with van der Waals surface area (Å²) in [6, 6.07) is 11.5. The Morgan fingerprint density at radius 3 is 2.43 bits per heavy atom. The second kappa shape index (κ2) is 10.3. The molecule has 1 saturated heterocycles. The van der Waals surface area contributed by atoms with Crippen molar-refractivity contribution < 1.29 is 18.7 Å². The highest BCUT2D eigenvalue weighted by Crippen LogP contribution is 2.27. The molecule has 9 nitrogen and oxygen atoms in total. The lowest BCUT2D eigenvalue weighted by Crippen LogP contribution is -2.32. The first-order valence-electron chi connectivity index (χ1n) is 12.1. The maximum absolute atomic E-state index is 14.7. The average molecular weight is 503 g/mol. The minimum atomic E-state index is -0.510. The molecular formula is C27H27FN6O3. The Hall–Kier alpha value is -4.47. The van der Waals surface area contributed by atoms with E-state index in [1.807, 2.05) is 18.3 Å². The van der Waals surface area contributed by atoms with Crippen LogP contribution in [0.2, 0.25) is 0 Å². The Morgan fingerprint density at radius 1 is 0.973 bits per heavy atom. The van der Waals surface area contributed by atoms with Gasteiger partial charge in [0.2, 0.25) is 5.78 Å². The Balaban J connectivity index is 1.35. The molecule has 1 aliphatic heterocycles. The number of anilines is 2. The zero-order valence-corrected chi connectivity index (χ0v) is 20.6. The number of likely N-dealkylation sites (tertiary alicyclic amines) is 1. The Labute approximate surface area is 213 Å². The zero-order valence-electron chi connectivity index (χ0n) is 20.6. The number of carbonyl (C=O) groups is 2. The van der Waals surface area contributed by atoms with Gasteiger partial charge in [0.15, 0.2) is 0 Å². The summed E-state index contributed by atoms with van der Waals surface area (Å²) in [5, 5.41) is 5.53. The minimum absolute atomic E-state index is 0.186. The van der Waals surface area contributed by atoms with Crippen molar-refractivity contribution in [2.75, 3.05) is 23.7 Å². The molecule has 2 aromatic carbocycles. The summed E-state index contributed by atoms with van der Waals surface area (Å²) in [5.74, 6) is -0.0266. The molecule has 0 atom stereocenters. The lowest BCUT2D eigenvalue weighted by atomic mass is 10.1. The van der Waals surface area contributed by atoms with Gasteiger partial charge in [0.25, 0.3) is 0 Å². The number of hydrogen-bond acceptors (Lipinski definition) is 5. The van der Waals surface area contributed by atoms with Crippen LogP contribution in [0.5, 0.6) is 0 Å². The van der Waals surface area contributed by atoms with Gasteiger partial charge in [-0.2, -0.15) is 0 Å². The van der Waals surface area contributed by atoms with Crippen molar-refractivity contribution in [3.05, 3.63) is 66.9 Å². The number of fused-ring (bicyclic) bond motifs is 1. The Bertz CT molecular complexity index is 1440. The van der Waals surface area contributed by atoms with E-state index in [0.717, 1.165) is 37.1 Å². The summed E-state index contributed by atoms with van der Waals surface area (Å²) in [6.45, 7) is 5.02. The molecule has 10 heteroatoms. The molecular weight excluding hydrogens is 475 g/mol. The van der Waals surface area contributed by atoms with E-state index in [2.05, 4.69) is 20.6 Å². The van der Waals surface area contributed by atoms with Crippen LogP contribution in [0, 0.1) is 5.82 Å². The van der Waals surface area contributed by atoms with Crippen LogP contribution in [0.1, 0.15) is 26.7 Å². The van der Waals surface area contributed by atoms with Crippen molar-refractivity contribution in [3.63, 3.8) is 0 Å².